The van der Waals surface area contributed by atoms with Crippen LogP contribution >= 0.6 is 0 Å². The van der Waals surface area contributed by atoms with E-state index >= 15 is 0 Å². The summed E-state index contributed by atoms with van der Waals surface area (Å²) in [5.74, 6) is -0.502. The summed E-state index contributed by atoms with van der Waals surface area (Å²) in [6.45, 7) is 1.80. The van der Waals surface area contributed by atoms with E-state index in [-0.39, 0.29) is 6.04 Å². The van der Waals surface area contributed by atoms with Crippen LogP contribution in [-0.4, -0.2) is 27.5 Å². The fourth-order valence-electron chi connectivity index (χ4n) is 4.54. The normalized spacial score (nSPS) is 16.4. The minimum Gasteiger partial charge on any atom is -0.357 e. The Bertz CT molecular complexity index is 1180. The number of amides is 1. The van der Waals surface area contributed by atoms with Gasteiger partial charge in [-0.3, -0.25) is 14.9 Å². The van der Waals surface area contributed by atoms with Crippen LogP contribution in [0, 0.1) is 0 Å². The number of aromatic amines is 1. The summed E-state index contributed by atoms with van der Waals surface area (Å²) in [6, 6.07) is 26.5. The van der Waals surface area contributed by atoms with Gasteiger partial charge in [-0.1, -0.05) is 60.7 Å². The van der Waals surface area contributed by atoms with E-state index in [4.69, 9.17) is 5.21 Å². The van der Waals surface area contributed by atoms with E-state index in [1.807, 2.05) is 18.2 Å². The van der Waals surface area contributed by atoms with Gasteiger partial charge in [0.2, 0.25) is 0 Å². The minimum absolute atomic E-state index is 0.0626. The van der Waals surface area contributed by atoms with E-state index in [0.29, 0.717) is 5.56 Å². The van der Waals surface area contributed by atoms with Crippen LogP contribution in [0.4, 0.5) is 0 Å². The van der Waals surface area contributed by atoms with Crippen LogP contribution in [0.25, 0.3) is 10.9 Å². The van der Waals surface area contributed by atoms with Crippen molar-refractivity contribution in [1.82, 2.24) is 15.4 Å². The number of H-pyrrole nitrogens is 1. The molecule has 150 valence electrons. The van der Waals surface area contributed by atoms with Crippen molar-refractivity contribution >= 4 is 16.8 Å². The standard InChI is InChI=1S/C25H23N3O2/c29-25(27-30)19-12-10-18(11-13-19)24-23-21(20-8-4-5-9-22(20)26-23)14-15-28(24)16-17-6-2-1-3-7-17/h1-13,24,26,30H,14-16H2,(H,27,29). The second-order valence-corrected chi connectivity index (χ2v) is 7.73. The highest BCUT2D eigenvalue weighted by Gasteiger charge is 2.31. The lowest BCUT2D eigenvalue weighted by molar-refractivity contribution is 0.0706. The molecule has 0 aliphatic carbocycles. The van der Waals surface area contributed by atoms with Crippen LogP contribution in [0.15, 0.2) is 78.9 Å². The Morgan fingerprint density at radius 3 is 2.50 bits per heavy atom. The number of hydroxylamine groups is 1. The van der Waals surface area contributed by atoms with Crippen molar-refractivity contribution in [3.05, 3.63) is 107 Å². The molecule has 0 radical (unpaired) electrons. The number of nitrogens with zero attached hydrogens (tertiary/aromatic N) is 1. The van der Waals surface area contributed by atoms with E-state index in [2.05, 4.69) is 58.4 Å². The third-order valence-electron chi connectivity index (χ3n) is 5.95. The Morgan fingerprint density at radius 1 is 1.00 bits per heavy atom. The summed E-state index contributed by atoms with van der Waals surface area (Å²) >= 11 is 0. The van der Waals surface area contributed by atoms with Gasteiger partial charge in [0.05, 0.1) is 6.04 Å². The van der Waals surface area contributed by atoms with E-state index in [9.17, 15) is 4.79 Å². The average molecular weight is 397 g/mol. The first-order valence-electron chi connectivity index (χ1n) is 10.2. The van der Waals surface area contributed by atoms with Gasteiger partial charge in [0, 0.05) is 35.2 Å². The molecule has 5 heteroatoms. The zero-order chi connectivity index (χ0) is 20.5. The summed E-state index contributed by atoms with van der Waals surface area (Å²) in [6.07, 6.45) is 0.994. The Morgan fingerprint density at radius 2 is 1.73 bits per heavy atom. The monoisotopic (exact) mass is 397 g/mol. The first-order chi connectivity index (χ1) is 14.7. The topological polar surface area (TPSA) is 68.4 Å². The number of rotatable bonds is 4. The van der Waals surface area contributed by atoms with Gasteiger partial charge in [-0.2, -0.15) is 0 Å². The molecule has 0 saturated carbocycles. The molecule has 5 rings (SSSR count). The van der Waals surface area contributed by atoms with Crippen molar-refractivity contribution in [3.8, 4) is 0 Å². The SMILES string of the molecule is O=C(NO)c1ccc(C2c3[nH]c4ccccc4c3CCN2Cc2ccccc2)cc1. The van der Waals surface area contributed by atoms with Gasteiger partial charge >= 0.3 is 0 Å². The van der Waals surface area contributed by atoms with E-state index in [1.54, 1.807) is 17.6 Å². The zero-order valence-corrected chi connectivity index (χ0v) is 16.5. The van der Waals surface area contributed by atoms with Gasteiger partial charge in [0.25, 0.3) is 5.91 Å². The number of carbonyl (C=O) groups is 1. The highest BCUT2D eigenvalue weighted by Crippen LogP contribution is 2.39. The molecule has 3 aromatic carbocycles. The van der Waals surface area contributed by atoms with Crippen LogP contribution < -0.4 is 5.48 Å². The average Bonchev–Trinajstić information content (AvgIpc) is 3.18. The van der Waals surface area contributed by atoms with Gasteiger partial charge in [-0.05, 0) is 41.3 Å². The lowest BCUT2D eigenvalue weighted by atomic mass is 9.91. The van der Waals surface area contributed by atoms with E-state index in [0.717, 1.165) is 30.6 Å². The summed E-state index contributed by atoms with van der Waals surface area (Å²) in [5.41, 5.74) is 8.28. The first kappa shape index (κ1) is 18.6. The molecule has 0 spiro atoms. The molecule has 2 heterocycles. The number of nitrogens with one attached hydrogen (secondary N) is 2. The van der Waals surface area contributed by atoms with Crippen molar-refractivity contribution in [2.45, 2.75) is 19.0 Å². The predicted molar refractivity (Wildman–Crippen MR) is 116 cm³/mol. The van der Waals surface area contributed by atoms with Crippen molar-refractivity contribution < 1.29 is 10.0 Å². The van der Waals surface area contributed by atoms with Crippen LogP contribution in [0.1, 0.15) is 38.8 Å². The van der Waals surface area contributed by atoms with Gasteiger partial charge in [0.1, 0.15) is 0 Å². The molecule has 3 N–H and O–H groups in total. The lowest BCUT2D eigenvalue weighted by Crippen LogP contribution is -2.35. The molecule has 1 unspecified atom stereocenters. The maximum atomic E-state index is 11.7. The molecule has 5 nitrogen and oxygen atoms in total. The molecule has 4 aromatic rings. The zero-order valence-electron chi connectivity index (χ0n) is 16.5. The van der Waals surface area contributed by atoms with Crippen molar-refractivity contribution in [2.24, 2.45) is 0 Å². The number of hydrogen-bond donors (Lipinski definition) is 3. The van der Waals surface area contributed by atoms with Crippen LogP contribution in [0.2, 0.25) is 0 Å². The Hall–Kier alpha value is -3.41. The van der Waals surface area contributed by atoms with E-state index < -0.39 is 5.91 Å². The van der Waals surface area contributed by atoms with Crippen LogP contribution in [0.3, 0.4) is 0 Å². The quantitative estimate of drug-likeness (QED) is 0.352. The van der Waals surface area contributed by atoms with Crippen LogP contribution in [0.5, 0.6) is 0 Å². The molecule has 0 fully saturated rings. The number of aromatic nitrogens is 1. The fourth-order valence-corrected chi connectivity index (χ4v) is 4.54. The summed E-state index contributed by atoms with van der Waals surface area (Å²) in [7, 11) is 0. The Balaban J connectivity index is 1.59. The summed E-state index contributed by atoms with van der Waals surface area (Å²) in [5, 5.41) is 10.2. The summed E-state index contributed by atoms with van der Waals surface area (Å²) < 4.78 is 0. The summed E-state index contributed by atoms with van der Waals surface area (Å²) in [4.78, 5) is 17.9. The largest absolute Gasteiger partial charge is 0.357 e. The number of fused-ring (bicyclic) bond motifs is 3. The maximum Gasteiger partial charge on any atom is 0.274 e. The minimum atomic E-state index is -0.502. The van der Waals surface area contributed by atoms with Gasteiger partial charge < -0.3 is 4.98 Å². The first-order valence-corrected chi connectivity index (χ1v) is 10.2. The number of benzene rings is 3. The number of carbonyl (C=O) groups excluding carboxylic acids is 1. The Labute approximate surface area is 174 Å². The third kappa shape index (κ3) is 3.28. The van der Waals surface area contributed by atoms with Gasteiger partial charge in [0.15, 0.2) is 0 Å². The predicted octanol–water partition coefficient (Wildman–Crippen LogP) is 4.43. The molecule has 30 heavy (non-hydrogen) atoms. The molecule has 1 aliphatic heterocycles. The molecular weight excluding hydrogens is 374 g/mol. The Kier molecular flexibility index (Phi) is 4.83. The second kappa shape index (κ2) is 7.78. The molecular formula is C25H23N3O2. The highest BCUT2D eigenvalue weighted by atomic mass is 16.5. The molecule has 1 atom stereocenters. The number of para-hydroxylation sites is 1. The van der Waals surface area contributed by atoms with Gasteiger partial charge in [-0.25, -0.2) is 5.48 Å². The second-order valence-electron chi connectivity index (χ2n) is 7.73. The molecule has 0 bridgehead atoms. The van der Waals surface area contributed by atoms with Crippen molar-refractivity contribution in [3.63, 3.8) is 0 Å². The molecule has 1 amide bonds. The molecule has 1 aromatic heterocycles. The van der Waals surface area contributed by atoms with E-state index in [1.165, 1.54) is 22.2 Å². The third-order valence-corrected chi connectivity index (χ3v) is 5.95. The van der Waals surface area contributed by atoms with Crippen molar-refractivity contribution in [1.29, 1.82) is 0 Å². The molecule has 0 saturated heterocycles. The number of hydrogen-bond acceptors (Lipinski definition) is 3. The van der Waals surface area contributed by atoms with Gasteiger partial charge in [-0.15, -0.1) is 0 Å². The van der Waals surface area contributed by atoms with Crippen LogP contribution in [-0.2, 0) is 13.0 Å². The highest BCUT2D eigenvalue weighted by molar-refractivity contribution is 5.93. The lowest BCUT2D eigenvalue weighted by Gasteiger charge is -2.36. The maximum absolute atomic E-state index is 11.7. The molecule has 1 aliphatic rings. The fraction of sp³-hybridized carbons (Fsp3) is 0.160. The smallest absolute Gasteiger partial charge is 0.274 e. The van der Waals surface area contributed by atoms with Crippen molar-refractivity contribution in [2.75, 3.05) is 6.54 Å².